The molecule has 1 aliphatic heterocycles. The highest BCUT2D eigenvalue weighted by Gasteiger charge is 2.26. The van der Waals surface area contributed by atoms with Crippen molar-refractivity contribution in [3.05, 3.63) is 65.5 Å². The van der Waals surface area contributed by atoms with E-state index in [1.165, 1.54) is 5.56 Å². The number of imidazole rings is 1. The molecule has 2 amide bonds. The van der Waals surface area contributed by atoms with E-state index >= 15 is 0 Å². The molecule has 1 aromatic heterocycles. The number of piperidine rings is 1. The largest absolute Gasteiger partial charge is 0.342 e. The third kappa shape index (κ3) is 3.57. The van der Waals surface area contributed by atoms with Crippen LogP contribution < -0.4 is 5.32 Å². The molecule has 0 unspecified atom stereocenters. The Kier molecular flexibility index (Phi) is 4.61. The van der Waals surface area contributed by atoms with Gasteiger partial charge in [0.2, 0.25) is 0 Å². The molecule has 1 saturated heterocycles. The van der Waals surface area contributed by atoms with Gasteiger partial charge in [-0.05, 0) is 43.0 Å². The standard InChI is InChI=1S/C21H24N4O/c1-15-9-10-18-19(12-15)24-20(23-18)17-8-5-11-25(14-17)21(26)22-13-16-6-3-2-4-7-16/h2-4,6-7,9-10,12,17H,5,8,11,13-14H2,1H3,(H,22,26)(H,23,24)/t17-/m1/s1. The lowest BCUT2D eigenvalue weighted by atomic mass is 9.97. The van der Waals surface area contributed by atoms with Gasteiger partial charge in [-0.15, -0.1) is 0 Å². The van der Waals surface area contributed by atoms with Crippen LogP contribution in [0.2, 0.25) is 0 Å². The Labute approximate surface area is 153 Å². The minimum absolute atomic E-state index is 0.00510. The molecule has 2 N–H and O–H groups in total. The zero-order valence-electron chi connectivity index (χ0n) is 15.0. The van der Waals surface area contributed by atoms with Crippen molar-refractivity contribution in [3.8, 4) is 0 Å². The molecule has 2 heterocycles. The molecule has 4 rings (SSSR count). The van der Waals surface area contributed by atoms with E-state index in [9.17, 15) is 4.79 Å². The number of H-pyrrole nitrogens is 1. The van der Waals surface area contributed by atoms with Crippen LogP contribution >= 0.6 is 0 Å². The molecule has 0 saturated carbocycles. The van der Waals surface area contributed by atoms with Crippen molar-refractivity contribution in [2.24, 2.45) is 0 Å². The number of amides is 2. The highest BCUT2D eigenvalue weighted by atomic mass is 16.2. The number of carbonyl (C=O) groups is 1. The summed E-state index contributed by atoms with van der Waals surface area (Å²) in [6.45, 7) is 4.15. The Bertz CT molecular complexity index is 903. The maximum Gasteiger partial charge on any atom is 0.317 e. The van der Waals surface area contributed by atoms with E-state index in [4.69, 9.17) is 4.98 Å². The molecular formula is C21H24N4O. The zero-order valence-corrected chi connectivity index (χ0v) is 15.0. The number of benzene rings is 2. The van der Waals surface area contributed by atoms with Crippen LogP contribution in [0.5, 0.6) is 0 Å². The number of hydrogen-bond acceptors (Lipinski definition) is 2. The van der Waals surface area contributed by atoms with Crippen LogP contribution in [0.3, 0.4) is 0 Å². The van der Waals surface area contributed by atoms with Crippen LogP contribution in [0, 0.1) is 6.92 Å². The number of likely N-dealkylation sites (tertiary alicyclic amines) is 1. The summed E-state index contributed by atoms with van der Waals surface area (Å²) in [5.74, 6) is 1.25. The summed E-state index contributed by atoms with van der Waals surface area (Å²) < 4.78 is 0. The Hall–Kier alpha value is -2.82. The Morgan fingerprint density at radius 1 is 1.27 bits per heavy atom. The number of fused-ring (bicyclic) bond motifs is 1. The monoisotopic (exact) mass is 348 g/mol. The topological polar surface area (TPSA) is 61.0 Å². The van der Waals surface area contributed by atoms with Gasteiger partial charge in [-0.25, -0.2) is 9.78 Å². The summed E-state index contributed by atoms with van der Waals surface area (Å²) in [6.07, 6.45) is 2.06. The van der Waals surface area contributed by atoms with Crippen molar-refractivity contribution in [1.29, 1.82) is 0 Å². The molecule has 1 fully saturated rings. The number of nitrogens with zero attached hydrogens (tertiary/aromatic N) is 2. The lowest BCUT2D eigenvalue weighted by Crippen LogP contribution is -2.44. The van der Waals surface area contributed by atoms with Gasteiger partial charge in [0.15, 0.2) is 0 Å². The van der Waals surface area contributed by atoms with E-state index in [1.54, 1.807) is 0 Å². The van der Waals surface area contributed by atoms with Crippen molar-refractivity contribution >= 4 is 17.1 Å². The summed E-state index contributed by atoms with van der Waals surface area (Å²) in [5.41, 5.74) is 4.40. The number of urea groups is 1. The van der Waals surface area contributed by atoms with Crippen LogP contribution in [-0.4, -0.2) is 34.0 Å². The van der Waals surface area contributed by atoms with Gasteiger partial charge in [-0.2, -0.15) is 0 Å². The van der Waals surface area contributed by atoms with Crippen molar-refractivity contribution in [2.75, 3.05) is 13.1 Å². The number of nitrogens with one attached hydrogen (secondary N) is 2. The van der Waals surface area contributed by atoms with Gasteiger partial charge in [-0.3, -0.25) is 0 Å². The first-order valence-electron chi connectivity index (χ1n) is 9.22. The van der Waals surface area contributed by atoms with Crippen molar-refractivity contribution < 1.29 is 4.79 Å². The summed E-state index contributed by atoms with van der Waals surface area (Å²) in [4.78, 5) is 22.7. The predicted molar refractivity (Wildman–Crippen MR) is 103 cm³/mol. The van der Waals surface area contributed by atoms with Crippen LogP contribution in [0.15, 0.2) is 48.5 Å². The van der Waals surface area contributed by atoms with Crippen LogP contribution in [0.25, 0.3) is 11.0 Å². The Morgan fingerprint density at radius 3 is 2.96 bits per heavy atom. The second kappa shape index (κ2) is 7.20. The minimum Gasteiger partial charge on any atom is -0.342 e. The lowest BCUT2D eigenvalue weighted by Gasteiger charge is -2.31. The molecule has 26 heavy (non-hydrogen) atoms. The van der Waals surface area contributed by atoms with Gasteiger partial charge >= 0.3 is 6.03 Å². The molecule has 0 radical (unpaired) electrons. The average molecular weight is 348 g/mol. The lowest BCUT2D eigenvalue weighted by molar-refractivity contribution is 0.178. The molecule has 0 bridgehead atoms. The summed E-state index contributed by atoms with van der Waals surface area (Å²) in [5, 5.41) is 3.03. The molecule has 0 spiro atoms. The van der Waals surface area contributed by atoms with Gasteiger partial charge < -0.3 is 15.2 Å². The quantitative estimate of drug-likeness (QED) is 0.752. The SMILES string of the molecule is Cc1ccc2nc([C@@H]3CCCN(C(=O)NCc4ccccc4)C3)[nH]c2c1. The second-order valence-electron chi connectivity index (χ2n) is 7.07. The number of carbonyl (C=O) groups excluding carboxylic acids is 1. The summed E-state index contributed by atoms with van der Waals surface area (Å²) >= 11 is 0. The van der Waals surface area contributed by atoms with E-state index in [2.05, 4.69) is 35.4 Å². The van der Waals surface area contributed by atoms with E-state index < -0.39 is 0 Å². The van der Waals surface area contributed by atoms with Gasteiger partial charge in [0.25, 0.3) is 0 Å². The molecule has 3 aromatic rings. The maximum absolute atomic E-state index is 12.5. The first kappa shape index (κ1) is 16.6. The van der Waals surface area contributed by atoms with Gasteiger partial charge in [0.05, 0.1) is 11.0 Å². The van der Waals surface area contributed by atoms with Crippen molar-refractivity contribution in [2.45, 2.75) is 32.2 Å². The van der Waals surface area contributed by atoms with Gasteiger partial charge in [0, 0.05) is 25.6 Å². The van der Waals surface area contributed by atoms with E-state index in [0.717, 1.165) is 41.8 Å². The predicted octanol–water partition coefficient (Wildman–Crippen LogP) is 3.96. The number of aromatic nitrogens is 2. The summed E-state index contributed by atoms with van der Waals surface area (Å²) in [7, 11) is 0. The molecule has 134 valence electrons. The maximum atomic E-state index is 12.5. The van der Waals surface area contributed by atoms with Gasteiger partial charge in [0.1, 0.15) is 5.82 Å². The van der Waals surface area contributed by atoms with Crippen LogP contribution in [0.1, 0.15) is 35.7 Å². The van der Waals surface area contributed by atoms with Crippen molar-refractivity contribution in [3.63, 3.8) is 0 Å². The number of aryl methyl sites for hydroxylation is 1. The molecule has 0 aliphatic carbocycles. The summed E-state index contributed by atoms with van der Waals surface area (Å²) in [6, 6.07) is 16.3. The fraction of sp³-hybridized carbons (Fsp3) is 0.333. The third-order valence-electron chi connectivity index (χ3n) is 5.04. The van der Waals surface area contributed by atoms with Crippen LogP contribution in [0.4, 0.5) is 4.79 Å². The number of aromatic amines is 1. The second-order valence-corrected chi connectivity index (χ2v) is 7.07. The van der Waals surface area contributed by atoms with E-state index in [-0.39, 0.29) is 11.9 Å². The first-order chi connectivity index (χ1) is 12.7. The molecule has 5 nitrogen and oxygen atoms in total. The van der Waals surface area contributed by atoms with Crippen molar-refractivity contribution in [1.82, 2.24) is 20.2 Å². The number of hydrogen-bond donors (Lipinski definition) is 2. The highest BCUT2D eigenvalue weighted by molar-refractivity contribution is 5.76. The van der Waals surface area contributed by atoms with E-state index in [1.807, 2.05) is 35.2 Å². The molecule has 1 aliphatic rings. The Morgan fingerprint density at radius 2 is 2.12 bits per heavy atom. The normalized spacial score (nSPS) is 17.4. The number of rotatable bonds is 3. The first-order valence-corrected chi connectivity index (χ1v) is 9.22. The molecule has 2 aromatic carbocycles. The average Bonchev–Trinajstić information content (AvgIpc) is 3.10. The molecular weight excluding hydrogens is 324 g/mol. The van der Waals surface area contributed by atoms with E-state index in [0.29, 0.717) is 13.1 Å². The van der Waals surface area contributed by atoms with Gasteiger partial charge in [-0.1, -0.05) is 36.4 Å². The third-order valence-corrected chi connectivity index (χ3v) is 5.04. The smallest absolute Gasteiger partial charge is 0.317 e. The molecule has 5 heteroatoms. The molecule has 1 atom stereocenters. The highest BCUT2D eigenvalue weighted by Crippen LogP contribution is 2.27. The minimum atomic E-state index is 0.00510. The fourth-order valence-electron chi connectivity index (χ4n) is 3.61. The zero-order chi connectivity index (χ0) is 17.9. The Balaban J connectivity index is 1.42. The fourth-order valence-corrected chi connectivity index (χ4v) is 3.61. The van der Waals surface area contributed by atoms with Crippen LogP contribution in [-0.2, 0) is 6.54 Å².